The van der Waals surface area contributed by atoms with Crippen LogP contribution in [0.25, 0.3) is 0 Å². The van der Waals surface area contributed by atoms with Gasteiger partial charge in [0.2, 0.25) is 5.91 Å². The highest BCUT2D eigenvalue weighted by Crippen LogP contribution is 2.18. The molecular formula is C17H23N3O3. The molecule has 1 aromatic carbocycles. The fourth-order valence-electron chi connectivity index (χ4n) is 3.12. The first-order valence-electron chi connectivity index (χ1n) is 8.15. The number of hydrogen-bond acceptors (Lipinski definition) is 4. The van der Waals surface area contributed by atoms with Crippen LogP contribution in [0.4, 0.5) is 4.79 Å². The van der Waals surface area contributed by atoms with E-state index in [0.717, 1.165) is 26.1 Å². The Morgan fingerprint density at radius 3 is 2.83 bits per heavy atom. The van der Waals surface area contributed by atoms with Crippen molar-refractivity contribution in [3.05, 3.63) is 35.9 Å². The summed E-state index contributed by atoms with van der Waals surface area (Å²) in [6.45, 7) is 4.68. The first-order valence-corrected chi connectivity index (χ1v) is 8.15. The average molecular weight is 317 g/mol. The molecule has 0 bridgehead atoms. The molecule has 6 heteroatoms. The van der Waals surface area contributed by atoms with Gasteiger partial charge in [-0.2, -0.15) is 0 Å². The van der Waals surface area contributed by atoms with Crippen molar-refractivity contribution in [2.75, 3.05) is 39.3 Å². The van der Waals surface area contributed by atoms with Gasteiger partial charge in [0.15, 0.2) is 0 Å². The lowest BCUT2D eigenvalue weighted by Crippen LogP contribution is -2.39. The van der Waals surface area contributed by atoms with Crippen LogP contribution < -0.4 is 5.32 Å². The van der Waals surface area contributed by atoms with Crippen LogP contribution in [-0.2, 0) is 16.1 Å². The third-order valence-electron chi connectivity index (χ3n) is 4.39. The van der Waals surface area contributed by atoms with Crippen molar-refractivity contribution >= 4 is 12.0 Å². The van der Waals surface area contributed by atoms with Gasteiger partial charge in [-0.25, -0.2) is 4.79 Å². The molecule has 2 amide bonds. The Balaban J connectivity index is 1.36. The maximum absolute atomic E-state index is 11.9. The van der Waals surface area contributed by atoms with E-state index >= 15 is 0 Å². The van der Waals surface area contributed by atoms with Crippen LogP contribution >= 0.6 is 0 Å². The summed E-state index contributed by atoms with van der Waals surface area (Å²) in [6.07, 6.45) is 0.703. The summed E-state index contributed by atoms with van der Waals surface area (Å²) in [4.78, 5) is 27.1. The number of nitrogens with zero attached hydrogens (tertiary/aromatic N) is 2. The summed E-state index contributed by atoms with van der Waals surface area (Å²) in [6, 6.07) is 10.4. The van der Waals surface area contributed by atoms with Crippen molar-refractivity contribution in [2.45, 2.75) is 13.0 Å². The Kier molecular flexibility index (Phi) is 5.12. The minimum absolute atomic E-state index is 0.0965. The fourth-order valence-corrected chi connectivity index (χ4v) is 3.12. The number of cyclic esters (lactones) is 1. The number of carbonyl (C=O) groups excluding carboxylic acids is 2. The summed E-state index contributed by atoms with van der Waals surface area (Å²) in [5.74, 6) is 0.374. The maximum atomic E-state index is 11.9. The zero-order chi connectivity index (χ0) is 16.1. The topological polar surface area (TPSA) is 61.9 Å². The minimum atomic E-state index is -0.393. The maximum Gasteiger partial charge on any atom is 0.410 e. The smallest absolute Gasteiger partial charge is 0.410 e. The molecule has 0 aliphatic carbocycles. The quantitative estimate of drug-likeness (QED) is 0.853. The Bertz CT molecular complexity index is 549. The molecule has 2 saturated heterocycles. The average Bonchev–Trinajstić information content (AvgIpc) is 3.16. The van der Waals surface area contributed by atoms with Gasteiger partial charge in [0.1, 0.15) is 13.2 Å². The Morgan fingerprint density at radius 1 is 1.26 bits per heavy atom. The Labute approximate surface area is 136 Å². The van der Waals surface area contributed by atoms with E-state index in [9.17, 15) is 9.59 Å². The van der Waals surface area contributed by atoms with Crippen LogP contribution in [0, 0.1) is 5.92 Å². The van der Waals surface area contributed by atoms with Gasteiger partial charge >= 0.3 is 6.09 Å². The highest BCUT2D eigenvalue weighted by Gasteiger charge is 2.26. The van der Waals surface area contributed by atoms with E-state index in [1.54, 1.807) is 0 Å². The molecule has 3 rings (SSSR count). The molecule has 0 aromatic heterocycles. The van der Waals surface area contributed by atoms with Gasteiger partial charge in [0, 0.05) is 19.6 Å². The van der Waals surface area contributed by atoms with Crippen molar-refractivity contribution in [1.82, 2.24) is 15.1 Å². The molecule has 6 nitrogen and oxygen atoms in total. The zero-order valence-corrected chi connectivity index (χ0v) is 13.2. The van der Waals surface area contributed by atoms with Crippen molar-refractivity contribution in [1.29, 1.82) is 0 Å². The van der Waals surface area contributed by atoms with Gasteiger partial charge < -0.3 is 10.1 Å². The predicted molar refractivity (Wildman–Crippen MR) is 85.8 cm³/mol. The van der Waals surface area contributed by atoms with Crippen LogP contribution in [0.15, 0.2) is 30.3 Å². The first kappa shape index (κ1) is 15.8. The number of likely N-dealkylation sites (tertiary alicyclic amines) is 1. The fraction of sp³-hybridized carbons (Fsp3) is 0.529. The number of benzene rings is 1. The number of carbonyl (C=O) groups is 2. The lowest BCUT2D eigenvalue weighted by molar-refractivity contribution is -0.121. The third kappa shape index (κ3) is 4.45. The standard InChI is InChI=1S/C17H23N3O3/c21-16(13-20-8-9-23-17(20)22)18-10-15-6-7-19(12-15)11-14-4-2-1-3-5-14/h1-5,15H,6-13H2,(H,18,21)/t15-/m0/s1. The zero-order valence-electron chi connectivity index (χ0n) is 13.2. The molecular weight excluding hydrogens is 294 g/mol. The molecule has 0 saturated carbocycles. The molecule has 1 aromatic rings. The summed E-state index contributed by atoms with van der Waals surface area (Å²) in [5.41, 5.74) is 1.32. The van der Waals surface area contributed by atoms with E-state index in [2.05, 4.69) is 34.5 Å². The van der Waals surface area contributed by atoms with Gasteiger partial charge in [0.05, 0.1) is 6.54 Å². The van der Waals surface area contributed by atoms with Crippen LogP contribution in [0.5, 0.6) is 0 Å². The normalized spacial score (nSPS) is 21.5. The predicted octanol–water partition coefficient (Wildman–Crippen LogP) is 1.08. The van der Waals surface area contributed by atoms with Gasteiger partial charge in [0.25, 0.3) is 0 Å². The van der Waals surface area contributed by atoms with Gasteiger partial charge in [-0.1, -0.05) is 30.3 Å². The molecule has 2 aliphatic rings. The number of hydrogen-bond donors (Lipinski definition) is 1. The monoisotopic (exact) mass is 317 g/mol. The highest BCUT2D eigenvalue weighted by molar-refractivity contribution is 5.82. The summed E-state index contributed by atoms with van der Waals surface area (Å²) < 4.78 is 4.82. The molecule has 1 N–H and O–H groups in total. The Hall–Kier alpha value is -2.08. The summed E-state index contributed by atoms with van der Waals surface area (Å²) in [7, 11) is 0. The van der Waals surface area contributed by atoms with Crippen molar-refractivity contribution in [3.8, 4) is 0 Å². The van der Waals surface area contributed by atoms with E-state index < -0.39 is 6.09 Å². The van der Waals surface area contributed by atoms with Crippen molar-refractivity contribution < 1.29 is 14.3 Å². The van der Waals surface area contributed by atoms with Crippen LogP contribution in [0.2, 0.25) is 0 Å². The van der Waals surface area contributed by atoms with E-state index in [1.807, 2.05) is 6.07 Å². The number of ether oxygens (including phenoxy) is 1. The molecule has 124 valence electrons. The number of nitrogens with one attached hydrogen (secondary N) is 1. The molecule has 0 unspecified atom stereocenters. The summed E-state index contributed by atoms with van der Waals surface area (Å²) >= 11 is 0. The molecule has 0 radical (unpaired) electrons. The first-order chi connectivity index (χ1) is 11.2. The van der Waals surface area contributed by atoms with Crippen molar-refractivity contribution in [3.63, 3.8) is 0 Å². The lowest BCUT2D eigenvalue weighted by atomic mass is 10.1. The highest BCUT2D eigenvalue weighted by atomic mass is 16.6. The SMILES string of the molecule is O=C(CN1CCOC1=O)NC[C@@H]1CCN(Cc2ccccc2)C1. The Morgan fingerprint density at radius 2 is 2.09 bits per heavy atom. The summed E-state index contributed by atoms with van der Waals surface area (Å²) in [5, 5.41) is 2.94. The second-order valence-corrected chi connectivity index (χ2v) is 6.22. The molecule has 0 spiro atoms. The molecule has 2 fully saturated rings. The van der Waals surface area contributed by atoms with Crippen LogP contribution in [0.3, 0.4) is 0 Å². The van der Waals surface area contributed by atoms with E-state index in [4.69, 9.17) is 4.74 Å². The second kappa shape index (κ2) is 7.46. The molecule has 23 heavy (non-hydrogen) atoms. The minimum Gasteiger partial charge on any atom is -0.448 e. The van der Waals surface area contributed by atoms with Crippen LogP contribution in [-0.4, -0.2) is 61.1 Å². The van der Waals surface area contributed by atoms with Crippen LogP contribution in [0.1, 0.15) is 12.0 Å². The third-order valence-corrected chi connectivity index (χ3v) is 4.39. The lowest BCUT2D eigenvalue weighted by Gasteiger charge is -2.17. The molecule has 2 aliphatic heterocycles. The largest absolute Gasteiger partial charge is 0.448 e. The van der Waals surface area contributed by atoms with Crippen molar-refractivity contribution in [2.24, 2.45) is 5.92 Å². The van der Waals surface area contributed by atoms with Gasteiger partial charge in [-0.15, -0.1) is 0 Å². The van der Waals surface area contributed by atoms with E-state index in [-0.39, 0.29) is 12.5 Å². The molecule has 2 heterocycles. The van der Waals surface area contributed by atoms with Gasteiger partial charge in [-0.05, 0) is 24.4 Å². The van der Waals surface area contributed by atoms with Gasteiger partial charge in [-0.3, -0.25) is 14.6 Å². The van der Waals surface area contributed by atoms with E-state index in [0.29, 0.717) is 25.6 Å². The number of rotatable bonds is 6. The molecule has 1 atom stereocenters. The second-order valence-electron chi connectivity index (χ2n) is 6.22. The van der Waals surface area contributed by atoms with E-state index in [1.165, 1.54) is 10.5 Å². The number of amides is 2.